The molecule has 4 heteroatoms. The van der Waals surface area contributed by atoms with Crippen molar-refractivity contribution >= 4 is 25.0 Å². The number of aromatic amines is 1. The van der Waals surface area contributed by atoms with E-state index in [0.717, 1.165) is 11.4 Å². The molecule has 1 aromatic heterocycles. The quantitative estimate of drug-likeness (QED) is 0.580. The third-order valence-electron chi connectivity index (χ3n) is 0.725. The number of H-pyrrole nitrogens is 1. The summed E-state index contributed by atoms with van der Waals surface area (Å²) in [5, 5.41) is 0. The van der Waals surface area contributed by atoms with Crippen molar-refractivity contribution in [1.29, 1.82) is 0 Å². The molecule has 1 heterocycles. The SMILES string of the molecule is Cl.SCc1cnc[nH]1. The van der Waals surface area contributed by atoms with E-state index in [4.69, 9.17) is 0 Å². The smallest absolute Gasteiger partial charge is 0.0921 e. The van der Waals surface area contributed by atoms with Gasteiger partial charge < -0.3 is 4.98 Å². The van der Waals surface area contributed by atoms with Crippen molar-refractivity contribution in [2.45, 2.75) is 5.75 Å². The Balaban J connectivity index is 0.000000490. The summed E-state index contributed by atoms with van der Waals surface area (Å²) in [5.74, 6) is 0.736. The third kappa shape index (κ3) is 1.76. The second-order valence-electron chi connectivity index (χ2n) is 1.23. The van der Waals surface area contributed by atoms with Crippen LogP contribution >= 0.6 is 25.0 Å². The van der Waals surface area contributed by atoms with Gasteiger partial charge in [0.1, 0.15) is 0 Å². The molecule has 1 aromatic rings. The van der Waals surface area contributed by atoms with Gasteiger partial charge in [0, 0.05) is 17.6 Å². The summed E-state index contributed by atoms with van der Waals surface area (Å²) >= 11 is 4.00. The normalized spacial score (nSPS) is 8.12. The second-order valence-corrected chi connectivity index (χ2v) is 1.55. The Morgan fingerprint density at radius 2 is 2.50 bits per heavy atom. The van der Waals surface area contributed by atoms with Crippen molar-refractivity contribution in [2.75, 3.05) is 0 Å². The summed E-state index contributed by atoms with van der Waals surface area (Å²) in [5.41, 5.74) is 1.06. The molecule has 1 rings (SSSR count). The molecule has 0 aromatic carbocycles. The van der Waals surface area contributed by atoms with Crippen molar-refractivity contribution < 1.29 is 0 Å². The van der Waals surface area contributed by atoms with E-state index in [0.29, 0.717) is 0 Å². The van der Waals surface area contributed by atoms with Crippen LogP contribution in [-0.4, -0.2) is 9.97 Å². The minimum Gasteiger partial charge on any atom is -0.348 e. The van der Waals surface area contributed by atoms with E-state index in [1.54, 1.807) is 12.5 Å². The van der Waals surface area contributed by atoms with Crippen LogP contribution in [0.1, 0.15) is 5.69 Å². The first-order chi connectivity index (χ1) is 3.43. The lowest BCUT2D eigenvalue weighted by molar-refractivity contribution is 1.23. The van der Waals surface area contributed by atoms with Crippen LogP contribution in [0, 0.1) is 0 Å². The van der Waals surface area contributed by atoms with Crippen molar-refractivity contribution in [2.24, 2.45) is 0 Å². The molecule has 1 N–H and O–H groups in total. The fourth-order valence-electron chi connectivity index (χ4n) is 0.371. The van der Waals surface area contributed by atoms with Gasteiger partial charge in [0.2, 0.25) is 0 Å². The van der Waals surface area contributed by atoms with Crippen LogP contribution in [0.15, 0.2) is 12.5 Å². The maximum absolute atomic E-state index is 4.00. The molecule has 0 saturated carbocycles. The van der Waals surface area contributed by atoms with Crippen molar-refractivity contribution in [1.82, 2.24) is 9.97 Å². The summed E-state index contributed by atoms with van der Waals surface area (Å²) in [6.07, 6.45) is 3.40. The Morgan fingerprint density at radius 1 is 1.75 bits per heavy atom. The molecule has 0 bridgehead atoms. The molecule has 0 saturated heterocycles. The Hall–Kier alpha value is -0.150. The van der Waals surface area contributed by atoms with Gasteiger partial charge in [0.25, 0.3) is 0 Å². The average molecular weight is 151 g/mol. The fourth-order valence-corrected chi connectivity index (χ4v) is 0.544. The molecule has 0 aliphatic heterocycles. The zero-order chi connectivity index (χ0) is 5.11. The van der Waals surface area contributed by atoms with Crippen LogP contribution in [0.5, 0.6) is 0 Å². The minimum absolute atomic E-state index is 0. The number of aromatic nitrogens is 2. The van der Waals surface area contributed by atoms with E-state index in [1.807, 2.05) is 0 Å². The molecule has 0 aliphatic carbocycles. The summed E-state index contributed by atoms with van der Waals surface area (Å²) in [4.78, 5) is 6.69. The van der Waals surface area contributed by atoms with Crippen molar-refractivity contribution in [3.8, 4) is 0 Å². The first kappa shape index (κ1) is 7.85. The Labute approximate surface area is 59.5 Å². The first-order valence-corrected chi connectivity index (χ1v) is 2.65. The Bertz CT molecular complexity index is 129. The van der Waals surface area contributed by atoms with Gasteiger partial charge in [-0.2, -0.15) is 12.6 Å². The number of hydrogen-bond acceptors (Lipinski definition) is 2. The van der Waals surface area contributed by atoms with E-state index in [1.165, 1.54) is 0 Å². The van der Waals surface area contributed by atoms with Crippen LogP contribution in [0.4, 0.5) is 0 Å². The van der Waals surface area contributed by atoms with Crippen molar-refractivity contribution in [3.05, 3.63) is 18.2 Å². The summed E-state index contributed by atoms with van der Waals surface area (Å²) < 4.78 is 0. The van der Waals surface area contributed by atoms with Crippen molar-refractivity contribution in [3.63, 3.8) is 0 Å². The lowest BCUT2D eigenvalue weighted by atomic mass is 10.6. The lowest BCUT2D eigenvalue weighted by Gasteiger charge is -1.78. The second kappa shape index (κ2) is 3.80. The predicted molar refractivity (Wildman–Crippen MR) is 38.5 cm³/mol. The minimum atomic E-state index is 0. The Morgan fingerprint density at radius 3 is 2.75 bits per heavy atom. The van der Waals surface area contributed by atoms with Gasteiger partial charge in [0.05, 0.1) is 6.33 Å². The van der Waals surface area contributed by atoms with Gasteiger partial charge in [-0.15, -0.1) is 12.4 Å². The molecule has 0 atom stereocenters. The molecule has 0 unspecified atom stereocenters. The van der Waals surface area contributed by atoms with Crippen LogP contribution in [-0.2, 0) is 5.75 Å². The average Bonchev–Trinajstić information content (AvgIpc) is 2.14. The van der Waals surface area contributed by atoms with Crippen LogP contribution in [0.2, 0.25) is 0 Å². The summed E-state index contributed by atoms with van der Waals surface area (Å²) in [7, 11) is 0. The zero-order valence-corrected chi connectivity index (χ0v) is 5.88. The highest BCUT2D eigenvalue weighted by Crippen LogP contribution is 1.92. The monoisotopic (exact) mass is 150 g/mol. The highest BCUT2D eigenvalue weighted by molar-refractivity contribution is 7.79. The molecular weight excluding hydrogens is 144 g/mol. The van der Waals surface area contributed by atoms with E-state index in [9.17, 15) is 0 Å². The van der Waals surface area contributed by atoms with Gasteiger partial charge in [-0.1, -0.05) is 0 Å². The molecule has 0 spiro atoms. The topological polar surface area (TPSA) is 28.7 Å². The number of nitrogens with zero attached hydrogens (tertiary/aromatic N) is 1. The fraction of sp³-hybridized carbons (Fsp3) is 0.250. The summed E-state index contributed by atoms with van der Waals surface area (Å²) in [6, 6.07) is 0. The van der Waals surface area contributed by atoms with Gasteiger partial charge in [0.15, 0.2) is 0 Å². The maximum Gasteiger partial charge on any atom is 0.0921 e. The highest BCUT2D eigenvalue weighted by Gasteiger charge is 1.82. The molecule has 0 aliphatic rings. The number of halogens is 1. The van der Waals surface area contributed by atoms with E-state index in [2.05, 4.69) is 22.6 Å². The summed E-state index contributed by atoms with van der Waals surface area (Å²) in [6.45, 7) is 0. The Kier molecular flexibility index (Phi) is 3.73. The van der Waals surface area contributed by atoms with Gasteiger partial charge >= 0.3 is 0 Å². The number of rotatable bonds is 1. The largest absolute Gasteiger partial charge is 0.348 e. The van der Waals surface area contributed by atoms with E-state index in [-0.39, 0.29) is 12.4 Å². The highest BCUT2D eigenvalue weighted by atomic mass is 35.5. The molecule has 0 amide bonds. The van der Waals surface area contributed by atoms with Crippen LogP contribution in [0.3, 0.4) is 0 Å². The molecule has 46 valence electrons. The first-order valence-electron chi connectivity index (χ1n) is 2.01. The zero-order valence-electron chi connectivity index (χ0n) is 4.16. The van der Waals surface area contributed by atoms with Crippen LogP contribution in [0.25, 0.3) is 0 Å². The van der Waals surface area contributed by atoms with Gasteiger partial charge in [-0.05, 0) is 0 Å². The number of hydrogen-bond donors (Lipinski definition) is 2. The predicted octanol–water partition coefficient (Wildman–Crippen LogP) is 1.26. The maximum atomic E-state index is 4.00. The number of nitrogens with one attached hydrogen (secondary N) is 1. The lowest BCUT2D eigenvalue weighted by Crippen LogP contribution is -1.70. The molecule has 0 fully saturated rings. The standard InChI is InChI=1S/C4H6N2S.ClH/c7-2-4-1-5-3-6-4;/h1,3,7H,2H2,(H,5,6);1H. The molecule has 8 heavy (non-hydrogen) atoms. The molecular formula is C4H7ClN2S. The van der Waals surface area contributed by atoms with Gasteiger partial charge in [-0.3, -0.25) is 0 Å². The number of imidazole rings is 1. The molecule has 0 radical (unpaired) electrons. The third-order valence-corrected chi connectivity index (χ3v) is 1.07. The number of thiol groups is 1. The molecule has 2 nitrogen and oxygen atoms in total. The van der Waals surface area contributed by atoms with E-state index >= 15 is 0 Å². The van der Waals surface area contributed by atoms with Crippen LogP contribution < -0.4 is 0 Å². The van der Waals surface area contributed by atoms with Gasteiger partial charge in [-0.25, -0.2) is 4.98 Å². The van der Waals surface area contributed by atoms with E-state index < -0.39 is 0 Å².